The Balaban J connectivity index is 2.57. The summed E-state index contributed by atoms with van der Waals surface area (Å²) in [6.45, 7) is 0. The molecule has 68 valence electrons. The minimum atomic E-state index is 0.609. The molecule has 0 radical (unpaired) electrons. The van der Waals surface area contributed by atoms with Gasteiger partial charge in [0.05, 0.1) is 17.4 Å². The van der Waals surface area contributed by atoms with E-state index in [1.807, 2.05) is 18.2 Å². The van der Waals surface area contributed by atoms with Crippen LogP contribution in [0, 0.1) is 0 Å². The zero-order valence-corrected chi connectivity index (χ0v) is 7.92. The summed E-state index contributed by atoms with van der Waals surface area (Å²) < 4.78 is 0. The van der Waals surface area contributed by atoms with Crippen molar-refractivity contribution in [2.45, 2.75) is 0 Å². The zero-order chi connectivity index (χ0) is 9.54. The fraction of sp³-hybridized carbons (Fsp3) is 0. The minimum absolute atomic E-state index is 0.609. The molecule has 2 aromatic heterocycles. The second kappa shape index (κ2) is 2.69. The summed E-state index contributed by atoms with van der Waals surface area (Å²) in [4.78, 5) is 11.3. The number of nitrogens with one attached hydrogen (secondary N) is 1. The number of benzene rings is 1. The molecule has 2 heterocycles. The van der Waals surface area contributed by atoms with Crippen molar-refractivity contribution in [1.29, 1.82) is 0 Å². The molecule has 3 rings (SSSR count). The Hall–Kier alpha value is -1.61. The average Bonchev–Trinajstić information content (AvgIpc) is 2.62. The first kappa shape index (κ1) is 7.76. The SMILES string of the molecule is Clc1[nH]cnc2cc3nccc3cc12. The fourth-order valence-electron chi connectivity index (χ4n) is 1.56. The van der Waals surface area contributed by atoms with E-state index in [1.165, 1.54) is 0 Å². The second-order valence-corrected chi connectivity index (χ2v) is 3.47. The predicted octanol–water partition coefficient (Wildman–Crippen LogP) is 2.76. The van der Waals surface area contributed by atoms with Gasteiger partial charge in [0.1, 0.15) is 5.15 Å². The van der Waals surface area contributed by atoms with Gasteiger partial charge in [0, 0.05) is 17.0 Å². The number of hydrogen-bond acceptors (Lipinski definition) is 2. The fourth-order valence-corrected chi connectivity index (χ4v) is 1.76. The van der Waals surface area contributed by atoms with E-state index in [4.69, 9.17) is 11.6 Å². The summed E-state index contributed by atoms with van der Waals surface area (Å²) in [5.74, 6) is 0. The number of nitrogens with zero attached hydrogens (tertiary/aromatic N) is 2. The van der Waals surface area contributed by atoms with Gasteiger partial charge < -0.3 is 4.98 Å². The van der Waals surface area contributed by atoms with Crippen LogP contribution in [0.3, 0.4) is 0 Å². The van der Waals surface area contributed by atoms with Crippen molar-refractivity contribution in [3.8, 4) is 0 Å². The summed E-state index contributed by atoms with van der Waals surface area (Å²) in [6.07, 6.45) is 3.36. The van der Waals surface area contributed by atoms with Crippen LogP contribution in [0.5, 0.6) is 0 Å². The Morgan fingerprint density at radius 2 is 2.07 bits per heavy atom. The molecule has 0 spiro atoms. The summed E-state index contributed by atoms with van der Waals surface area (Å²) >= 11 is 6.01. The van der Waals surface area contributed by atoms with Crippen LogP contribution in [0.1, 0.15) is 0 Å². The molecule has 1 aromatic carbocycles. The van der Waals surface area contributed by atoms with Crippen molar-refractivity contribution in [3.05, 3.63) is 35.9 Å². The van der Waals surface area contributed by atoms with Crippen LogP contribution in [-0.2, 0) is 0 Å². The van der Waals surface area contributed by atoms with Crippen molar-refractivity contribution < 1.29 is 0 Å². The van der Waals surface area contributed by atoms with E-state index in [0.717, 1.165) is 21.8 Å². The Kier molecular flexibility index (Phi) is 1.49. The zero-order valence-electron chi connectivity index (χ0n) is 7.16. The first-order valence-corrected chi connectivity index (χ1v) is 4.60. The van der Waals surface area contributed by atoms with Crippen LogP contribution in [-0.4, -0.2) is 15.0 Å². The Morgan fingerprint density at radius 3 is 3.00 bits per heavy atom. The summed E-state index contributed by atoms with van der Waals surface area (Å²) in [5, 5.41) is 2.62. The first-order chi connectivity index (χ1) is 6.84. The van der Waals surface area contributed by atoms with E-state index < -0.39 is 0 Å². The summed E-state index contributed by atoms with van der Waals surface area (Å²) in [5.41, 5.74) is 1.81. The number of fused-ring (bicyclic) bond motifs is 2. The monoisotopic (exact) mass is 203 g/mol. The molecular weight excluding hydrogens is 198 g/mol. The van der Waals surface area contributed by atoms with E-state index in [2.05, 4.69) is 15.0 Å². The molecule has 0 atom stereocenters. The van der Waals surface area contributed by atoms with Gasteiger partial charge in [-0.1, -0.05) is 11.6 Å². The van der Waals surface area contributed by atoms with Gasteiger partial charge in [-0.3, -0.25) is 4.98 Å². The van der Waals surface area contributed by atoms with Crippen LogP contribution < -0.4 is 0 Å². The van der Waals surface area contributed by atoms with Gasteiger partial charge in [-0.25, -0.2) is 4.98 Å². The first-order valence-electron chi connectivity index (χ1n) is 4.22. The van der Waals surface area contributed by atoms with Gasteiger partial charge in [0.15, 0.2) is 0 Å². The molecule has 4 heteroatoms. The quantitative estimate of drug-likeness (QED) is 0.571. The minimum Gasteiger partial charge on any atom is -0.336 e. The average molecular weight is 204 g/mol. The van der Waals surface area contributed by atoms with E-state index in [9.17, 15) is 0 Å². The molecule has 0 aliphatic heterocycles. The standard InChI is InChI=1S/C10H6ClN3/c11-10-7-3-6-1-2-12-8(6)4-9(7)13-5-14-10/h1-5H,(H,13,14). The normalized spacial score (nSPS) is 11.2. The van der Waals surface area contributed by atoms with Crippen LogP contribution in [0.25, 0.3) is 21.8 Å². The largest absolute Gasteiger partial charge is 0.336 e. The molecule has 0 fully saturated rings. The smallest absolute Gasteiger partial charge is 0.116 e. The summed E-state index contributed by atoms with van der Waals surface area (Å²) in [6, 6.07) is 5.88. The van der Waals surface area contributed by atoms with Gasteiger partial charge in [0.2, 0.25) is 0 Å². The number of halogens is 1. The highest BCUT2D eigenvalue weighted by Gasteiger charge is 2.03. The highest BCUT2D eigenvalue weighted by molar-refractivity contribution is 6.34. The molecule has 14 heavy (non-hydrogen) atoms. The predicted molar refractivity (Wildman–Crippen MR) is 56.4 cm³/mol. The number of aromatic amines is 1. The molecular formula is C10H6ClN3. The Labute approximate surface area is 84.7 Å². The molecule has 0 bridgehead atoms. The molecule has 0 unspecified atom stereocenters. The number of H-pyrrole nitrogens is 1. The van der Waals surface area contributed by atoms with Crippen LogP contribution in [0.15, 0.2) is 30.7 Å². The van der Waals surface area contributed by atoms with Gasteiger partial charge >= 0.3 is 0 Å². The van der Waals surface area contributed by atoms with Gasteiger partial charge in [-0.15, -0.1) is 0 Å². The summed E-state index contributed by atoms with van der Waals surface area (Å²) in [7, 11) is 0. The maximum atomic E-state index is 6.01. The molecule has 0 saturated carbocycles. The van der Waals surface area contributed by atoms with Crippen molar-refractivity contribution >= 4 is 33.4 Å². The van der Waals surface area contributed by atoms with Gasteiger partial charge in [-0.2, -0.15) is 0 Å². The maximum absolute atomic E-state index is 6.01. The van der Waals surface area contributed by atoms with Crippen molar-refractivity contribution in [1.82, 2.24) is 15.0 Å². The molecule has 0 aliphatic rings. The Bertz CT molecular complexity index is 615. The van der Waals surface area contributed by atoms with Crippen LogP contribution in [0.2, 0.25) is 5.15 Å². The number of aromatic nitrogens is 3. The lowest BCUT2D eigenvalue weighted by Crippen LogP contribution is -1.83. The highest BCUT2D eigenvalue weighted by atomic mass is 35.5. The Morgan fingerprint density at radius 1 is 1.14 bits per heavy atom. The number of rotatable bonds is 0. The van der Waals surface area contributed by atoms with Crippen molar-refractivity contribution in [3.63, 3.8) is 0 Å². The molecule has 0 saturated heterocycles. The topological polar surface area (TPSA) is 41.6 Å². The van der Waals surface area contributed by atoms with Crippen molar-refractivity contribution in [2.75, 3.05) is 0 Å². The molecule has 3 nitrogen and oxygen atoms in total. The number of hydrogen-bond donors (Lipinski definition) is 1. The molecule has 3 aromatic rings. The maximum Gasteiger partial charge on any atom is 0.116 e. The third kappa shape index (κ3) is 0.992. The van der Waals surface area contributed by atoms with Crippen molar-refractivity contribution in [2.24, 2.45) is 0 Å². The molecule has 0 aliphatic carbocycles. The lowest BCUT2D eigenvalue weighted by molar-refractivity contribution is 1.22. The lowest BCUT2D eigenvalue weighted by atomic mass is 10.2. The molecule has 0 amide bonds. The van der Waals surface area contributed by atoms with E-state index >= 15 is 0 Å². The van der Waals surface area contributed by atoms with Gasteiger partial charge in [-0.05, 0) is 18.2 Å². The highest BCUT2D eigenvalue weighted by Crippen LogP contribution is 2.24. The van der Waals surface area contributed by atoms with Gasteiger partial charge in [0.25, 0.3) is 0 Å². The second-order valence-electron chi connectivity index (χ2n) is 3.09. The third-order valence-electron chi connectivity index (χ3n) is 2.24. The molecule has 1 N–H and O–H groups in total. The van der Waals surface area contributed by atoms with E-state index in [-0.39, 0.29) is 0 Å². The van der Waals surface area contributed by atoms with Crippen LogP contribution in [0.4, 0.5) is 0 Å². The lowest BCUT2D eigenvalue weighted by Gasteiger charge is -1.99. The van der Waals surface area contributed by atoms with E-state index in [1.54, 1.807) is 12.5 Å². The van der Waals surface area contributed by atoms with E-state index in [0.29, 0.717) is 5.15 Å². The van der Waals surface area contributed by atoms with Crippen LogP contribution >= 0.6 is 11.6 Å². The third-order valence-corrected chi connectivity index (χ3v) is 2.56.